The van der Waals surface area contributed by atoms with Crippen LogP contribution in [-0.4, -0.2) is 30.3 Å². The second-order valence-electron chi connectivity index (χ2n) is 6.47. The molecule has 1 heterocycles. The number of halogens is 1. The molecule has 0 amide bonds. The number of rotatable bonds is 5. The van der Waals surface area contributed by atoms with Gasteiger partial charge in [0.1, 0.15) is 0 Å². The molecule has 1 fully saturated rings. The second kappa shape index (κ2) is 6.46. The molecule has 0 aromatic heterocycles. The predicted molar refractivity (Wildman–Crippen MR) is 88.1 cm³/mol. The molecule has 0 aliphatic carbocycles. The van der Waals surface area contributed by atoms with Crippen molar-refractivity contribution in [3.63, 3.8) is 0 Å². The number of nitrogens with zero attached hydrogens (tertiary/aromatic N) is 1. The minimum absolute atomic E-state index is 0.552. The number of β-amino-alcohol motifs (C(OH)–C–C–N with tert-alkyl or cyclic N) is 1. The highest BCUT2D eigenvalue weighted by Gasteiger charge is 2.31. The SMILES string of the molecule is CC(C)CNCc1ccc(N2CCC(C)(O)C2)cc1Br. The van der Waals surface area contributed by atoms with Crippen molar-refractivity contribution >= 4 is 21.6 Å². The molecule has 1 atom stereocenters. The highest BCUT2D eigenvalue weighted by Crippen LogP contribution is 2.29. The van der Waals surface area contributed by atoms with Crippen molar-refractivity contribution in [2.24, 2.45) is 5.92 Å². The Hall–Kier alpha value is -0.580. The maximum atomic E-state index is 10.1. The van der Waals surface area contributed by atoms with E-state index in [4.69, 9.17) is 0 Å². The average molecular weight is 341 g/mol. The first-order valence-corrected chi connectivity index (χ1v) is 8.13. The van der Waals surface area contributed by atoms with Crippen LogP contribution >= 0.6 is 15.9 Å². The molecule has 1 unspecified atom stereocenters. The van der Waals surface area contributed by atoms with Crippen LogP contribution < -0.4 is 10.2 Å². The van der Waals surface area contributed by atoms with Gasteiger partial charge in [-0.2, -0.15) is 0 Å². The fourth-order valence-corrected chi connectivity index (χ4v) is 3.04. The highest BCUT2D eigenvalue weighted by molar-refractivity contribution is 9.10. The molecular weight excluding hydrogens is 316 g/mol. The van der Waals surface area contributed by atoms with Gasteiger partial charge in [-0.3, -0.25) is 0 Å². The zero-order valence-electron chi connectivity index (χ0n) is 12.6. The van der Waals surface area contributed by atoms with E-state index in [2.05, 4.69) is 58.2 Å². The molecule has 4 heteroatoms. The Kier molecular flexibility index (Phi) is 5.10. The first kappa shape index (κ1) is 15.8. The van der Waals surface area contributed by atoms with Crippen molar-refractivity contribution in [3.8, 4) is 0 Å². The Balaban J connectivity index is 1.99. The van der Waals surface area contributed by atoms with E-state index in [9.17, 15) is 5.11 Å². The zero-order valence-corrected chi connectivity index (χ0v) is 14.2. The Bertz CT molecular complexity index is 460. The Morgan fingerprint density at radius 3 is 2.75 bits per heavy atom. The number of benzene rings is 1. The quantitative estimate of drug-likeness (QED) is 0.864. The van der Waals surface area contributed by atoms with Crippen LogP contribution in [0.5, 0.6) is 0 Å². The summed E-state index contributed by atoms with van der Waals surface area (Å²) < 4.78 is 1.14. The molecular formula is C16H25BrN2O. The number of hydrogen-bond acceptors (Lipinski definition) is 3. The number of nitrogens with one attached hydrogen (secondary N) is 1. The van der Waals surface area contributed by atoms with Crippen LogP contribution in [0.1, 0.15) is 32.8 Å². The van der Waals surface area contributed by atoms with Crippen LogP contribution in [0, 0.1) is 5.92 Å². The summed E-state index contributed by atoms with van der Waals surface area (Å²) in [7, 11) is 0. The monoisotopic (exact) mass is 340 g/mol. The van der Waals surface area contributed by atoms with Gasteiger partial charge in [0.05, 0.1) is 5.60 Å². The summed E-state index contributed by atoms with van der Waals surface area (Å²) in [6.45, 7) is 9.88. The smallest absolute Gasteiger partial charge is 0.0810 e. The molecule has 1 aromatic rings. The topological polar surface area (TPSA) is 35.5 Å². The number of aliphatic hydroxyl groups is 1. The standard InChI is InChI=1S/C16H25BrN2O/c1-12(2)9-18-10-13-4-5-14(8-15(13)17)19-7-6-16(3,20)11-19/h4-5,8,12,18,20H,6-7,9-11H2,1-3H3. The summed E-state index contributed by atoms with van der Waals surface area (Å²) in [6, 6.07) is 6.48. The molecule has 1 aromatic carbocycles. The molecule has 1 saturated heterocycles. The van der Waals surface area contributed by atoms with Crippen LogP contribution in [0.2, 0.25) is 0 Å². The van der Waals surface area contributed by atoms with E-state index in [0.717, 1.165) is 30.5 Å². The molecule has 0 saturated carbocycles. The lowest BCUT2D eigenvalue weighted by atomic mass is 10.1. The van der Waals surface area contributed by atoms with E-state index in [1.165, 1.54) is 11.3 Å². The van der Waals surface area contributed by atoms with Gasteiger partial charge in [-0.1, -0.05) is 35.8 Å². The minimum atomic E-state index is -0.552. The molecule has 1 aliphatic rings. The predicted octanol–water partition coefficient (Wildman–Crippen LogP) is 3.16. The van der Waals surface area contributed by atoms with Crippen molar-refractivity contribution in [1.29, 1.82) is 0 Å². The van der Waals surface area contributed by atoms with E-state index in [1.54, 1.807) is 0 Å². The fourth-order valence-electron chi connectivity index (χ4n) is 2.54. The summed E-state index contributed by atoms with van der Waals surface area (Å²) in [4.78, 5) is 2.25. The minimum Gasteiger partial charge on any atom is -0.388 e. The van der Waals surface area contributed by atoms with E-state index in [0.29, 0.717) is 12.5 Å². The summed E-state index contributed by atoms with van der Waals surface area (Å²) >= 11 is 3.66. The third kappa shape index (κ3) is 4.21. The molecule has 0 spiro atoms. The molecule has 0 radical (unpaired) electrons. The van der Waals surface area contributed by atoms with Gasteiger partial charge in [0.15, 0.2) is 0 Å². The maximum absolute atomic E-state index is 10.1. The molecule has 2 rings (SSSR count). The molecule has 0 bridgehead atoms. The fraction of sp³-hybridized carbons (Fsp3) is 0.625. The lowest BCUT2D eigenvalue weighted by molar-refractivity contribution is 0.0839. The van der Waals surface area contributed by atoms with E-state index >= 15 is 0 Å². The summed E-state index contributed by atoms with van der Waals surface area (Å²) in [5.41, 5.74) is 1.91. The first-order valence-electron chi connectivity index (χ1n) is 7.34. The molecule has 1 aliphatic heterocycles. The van der Waals surface area contributed by atoms with E-state index in [1.807, 2.05) is 6.92 Å². The van der Waals surface area contributed by atoms with Crippen LogP contribution in [-0.2, 0) is 6.54 Å². The van der Waals surface area contributed by atoms with Crippen LogP contribution in [0.15, 0.2) is 22.7 Å². The van der Waals surface area contributed by atoms with Crippen molar-refractivity contribution < 1.29 is 5.11 Å². The van der Waals surface area contributed by atoms with Gasteiger partial charge in [0.25, 0.3) is 0 Å². The number of anilines is 1. The Morgan fingerprint density at radius 1 is 1.45 bits per heavy atom. The lowest BCUT2D eigenvalue weighted by Crippen LogP contribution is -2.29. The Labute approximate surface area is 130 Å². The van der Waals surface area contributed by atoms with Gasteiger partial charge in [-0.25, -0.2) is 0 Å². The number of hydrogen-bond donors (Lipinski definition) is 2. The zero-order chi connectivity index (χ0) is 14.8. The Morgan fingerprint density at radius 2 is 2.20 bits per heavy atom. The van der Waals surface area contributed by atoms with E-state index < -0.39 is 5.60 Å². The van der Waals surface area contributed by atoms with Gasteiger partial charge in [0, 0.05) is 29.8 Å². The van der Waals surface area contributed by atoms with Crippen molar-refractivity contribution in [2.75, 3.05) is 24.5 Å². The molecule has 112 valence electrons. The summed E-state index contributed by atoms with van der Waals surface area (Å²) in [5.74, 6) is 0.667. The second-order valence-corrected chi connectivity index (χ2v) is 7.32. The van der Waals surface area contributed by atoms with Gasteiger partial charge >= 0.3 is 0 Å². The third-order valence-corrected chi connectivity index (χ3v) is 4.46. The van der Waals surface area contributed by atoms with Gasteiger partial charge in [-0.05, 0) is 43.5 Å². The van der Waals surface area contributed by atoms with Crippen molar-refractivity contribution in [2.45, 2.75) is 39.3 Å². The van der Waals surface area contributed by atoms with Gasteiger partial charge in [0.2, 0.25) is 0 Å². The van der Waals surface area contributed by atoms with Crippen LogP contribution in [0.25, 0.3) is 0 Å². The molecule has 2 N–H and O–H groups in total. The third-order valence-electron chi connectivity index (χ3n) is 3.72. The van der Waals surface area contributed by atoms with Crippen molar-refractivity contribution in [1.82, 2.24) is 5.32 Å². The first-order chi connectivity index (χ1) is 9.37. The summed E-state index contributed by atoms with van der Waals surface area (Å²) in [6.07, 6.45) is 0.836. The van der Waals surface area contributed by atoms with Gasteiger partial charge < -0.3 is 15.3 Å². The normalized spacial score (nSPS) is 22.8. The largest absolute Gasteiger partial charge is 0.388 e. The maximum Gasteiger partial charge on any atom is 0.0810 e. The lowest BCUT2D eigenvalue weighted by Gasteiger charge is -2.21. The van der Waals surface area contributed by atoms with E-state index in [-0.39, 0.29) is 0 Å². The van der Waals surface area contributed by atoms with Crippen LogP contribution in [0.3, 0.4) is 0 Å². The highest BCUT2D eigenvalue weighted by atomic mass is 79.9. The van der Waals surface area contributed by atoms with Gasteiger partial charge in [-0.15, -0.1) is 0 Å². The molecule has 3 nitrogen and oxygen atoms in total. The average Bonchev–Trinajstić information content (AvgIpc) is 2.71. The summed E-state index contributed by atoms with van der Waals surface area (Å²) in [5, 5.41) is 13.5. The van der Waals surface area contributed by atoms with Crippen molar-refractivity contribution in [3.05, 3.63) is 28.2 Å². The van der Waals surface area contributed by atoms with Crippen LogP contribution in [0.4, 0.5) is 5.69 Å². The molecule has 20 heavy (non-hydrogen) atoms.